The Balaban J connectivity index is 4.48. The molecule has 0 aliphatic carbocycles. The highest BCUT2D eigenvalue weighted by atomic mass is 15.3. The summed E-state index contributed by atoms with van der Waals surface area (Å²) in [6, 6.07) is 0. The molecule has 0 aliphatic rings. The average Bonchev–Trinajstić information content (AvgIpc) is 2.17. The van der Waals surface area contributed by atoms with Gasteiger partial charge in [-0.15, -0.1) is 0 Å². The summed E-state index contributed by atoms with van der Waals surface area (Å²) >= 11 is 0. The molecule has 0 unspecified atom stereocenters. The third kappa shape index (κ3) is 5.66. The topological polar surface area (TPSA) is 55.6 Å². The van der Waals surface area contributed by atoms with Crippen LogP contribution in [0.5, 0.6) is 0 Å². The van der Waals surface area contributed by atoms with Crippen molar-refractivity contribution in [2.45, 2.75) is 0 Å². The van der Waals surface area contributed by atoms with Gasteiger partial charge >= 0.3 is 0 Å². The van der Waals surface area contributed by atoms with E-state index < -0.39 is 0 Å². The first-order chi connectivity index (χ1) is 7.01. The zero-order chi connectivity index (χ0) is 11.8. The predicted molar refractivity (Wildman–Crippen MR) is 65.7 cm³/mol. The maximum atomic E-state index is 4.14. The number of hydrogen-bond acceptors (Lipinski definition) is 2. The number of guanidine groups is 2. The number of rotatable bonds is 1. The van der Waals surface area contributed by atoms with E-state index in [4.69, 9.17) is 0 Å². The summed E-state index contributed by atoms with van der Waals surface area (Å²) in [4.78, 5) is 15.9. The molecular formula is C9H20N6. The van der Waals surface area contributed by atoms with Crippen molar-refractivity contribution in [3.63, 3.8) is 0 Å². The van der Waals surface area contributed by atoms with Crippen LogP contribution >= 0.6 is 0 Å². The molecule has 86 valence electrons. The highest BCUT2D eigenvalue weighted by Gasteiger charge is 2.02. The molecule has 15 heavy (non-hydrogen) atoms. The van der Waals surface area contributed by atoms with Crippen LogP contribution in [0.15, 0.2) is 15.0 Å². The zero-order valence-electron chi connectivity index (χ0n) is 10.3. The minimum atomic E-state index is 0.526. The monoisotopic (exact) mass is 212 g/mol. The lowest BCUT2D eigenvalue weighted by Crippen LogP contribution is -2.39. The van der Waals surface area contributed by atoms with Crippen LogP contribution in [0.25, 0.3) is 0 Å². The van der Waals surface area contributed by atoms with Gasteiger partial charge in [0.15, 0.2) is 5.96 Å². The SMILES string of the molecule is CN=C(/N=C/N(C)C)NC(=NC)N(C)C. The largest absolute Gasteiger partial charge is 0.369 e. The van der Waals surface area contributed by atoms with Crippen molar-refractivity contribution in [2.24, 2.45) is 15.0 Å². The van der Waals surface area contributed by atoms with E-state index in [1.165, 1.54) is 0 Å². The first-order valence-electron chi connectivity index (χ1n) is 4.59. The lowest BCUT2D eigenvalue weighted by Gasteiger charge is -2.16. The van der Waals surface area contributed by atoms with E-state index in [0.717, 1.165) is 0 Å². The highest BCUT2D eigenvalue weighted by molar-refractivity contribution is 6.00. The second-order valence-corrected chi connectivity index (χ2v) is 3.32. The molecule has 1 N–H and O–H groups in total. The van der Waals surface area contributed by atoms with E-state index in [9.17, 15) is 0 Å². The third-order valence-corrected chi connectivity index (χ3v) is 1.48. The normalized spacial score (nSPS) is 13.2. The van der Waals surface area contributed by atoms with Gasteiger partial charge in [0.25, 0.3) is 0 Å². The first kappa shape index (κ1) is 13.4. The Bertz CT molecular complexity index is 264. The van der Waals surface area contributed by atoms with Crippen molar-refractivity contribution >= 4 is 18.3 Å². The van der Waals surface area contributed by atoms with Gasteiger partial charge in [-0.3, -0.25) is 15.3 Å². The van der Waals surface area contributed by atoms with Gasteiger partial charge < -0.3 is 9.80 Å². The lowest BCUT2D eigenvalue weighted by molar-refractivity contribution is 0.602. The molecule has 0 aromatic heterocycles. The molecule has 0 radical (unpaired) electrons. The summed E-state index contributed by atoms with van der Waals surface area (Å²) in [5.41, 5.74) is 0. The molecule has 0 aliphatic heterocycles. The van der Waals surface area contributed by atoms with Crippen LogP contribution in [0, 0.1) is 0 Å². The van der Waals surface area contributed by atoms with Gasteiger partial charge in [-0.1, -0.05) is 0 Å². The first-order valence-corrected chi connectivity index (χ1v) is 4.59. The maximum absolute atomic E-state index is 4.14. The molecule has 0 heterocycles. The van der Waals surface area contributed by atoms with Gasteiger partial charge in [-0.2, -0.15) is 0 Å². The summed E-state index contributed by atoms with van der Waals surface area (Å²) in [5.74, 6) is 1.24. The Morgan fingerprint density at radius 1 is 1.07 bits per heavy atom. The summed E-state index contributed by atoms with van der Waals surface area (Å²) in [6.07, 6.45) is 1.68. The molecule has 0 spiro atoms. The second-order valence-electron chi connectivity index (χ2n) is 3.32. The molecule has 0 aromatic carbocycles. The molecule has 0 aromatic rings. The van der Waals surface area contributed by atoms with E-state index in [-0.39, 0.29) is 0 Å². The fourth-order valence-electron chi connectivity index (χ4n) is 0.784. The van der Waals surface area contributed by atoms with E-state index in [1.54, 1.807) is 20.4 Å². The molecule has 0 bridgehead atoms. The van der Waals surface area contributed by atoms with E-state index in [1.807, 2.05) is 38.0 Å². The van der Waals surface area contributed by atoms with Crippen LogP contribution in [-0.4, -0.2) is 70.3 Å². The van der Waals surface area contributed by atoms with Gasteiger partial charge in [0.2, 0.25) is 5.96 Å². The Morgan fingerprint density at radius 2 is 1.67 bits per heavy atom. The van der Waals surface area contributed by atoms with E-state index >= 15 is 0 Å². The van der Waals surface area contributed by atoms with Crippen molar-refractivity contribution in [3.05, 3.63) is 0 Å². The summed E-state index contributed by atoms with van der Waals surface area (Å²) in [5, 5.41) is 3.01. The molecule has 0 amide bonds. The lowest BCUT2D eigenvalue weighted by atomic mass is 10.7. The highest BCUT2D eigenvalue weighted by Crippen LogP contribution is 1.82. The molecular weight excluding hydrogens is 192 g/mol. The van der Waals surface area contributed by atoms with E-state index in [2.05, 4.69) is 20.3 Å². The van der Waals surface area contributed by atoms with Gasteiger partial charge in [-0.25, -0.2) is 4.99 Å². The van der Waals surface area contributed by atoms with Gasteiger partial charge in [0, 0.05) is 42.3 Å². The van der Waals surface area contributed by atoms with Crippen LogP contribution in [-0.2, 0) is 0 Å². The predicted octanol–water partition coefficient (Wildman–Crippen LogP) is -0.301. The standard InChI is InChI=1S/C9H20N6/c1-10-8(12-7-14(3)4)13-9(11-2)15(5)6/h7H,1-6H3,(H,10,11,13)/b12-7+. The Hall–Kier alpha value is -1.59. The number of nitrogens with zero attached hydrogens (tertiary/aromatic N) is 5. The van der Waals surface area contributed by atoms with Gasteiger partial charge in [0.1, 0.15) is 0 Å². The zero-order valence-corrected chi connectivity index (χ0v) is 10.3. The molecule has 0 saturated carbocycles. The number of aliphatic imine (C=N–C) groups is 3. The smallest absolute Gasteiger partial charge is 0.225 e. The van der Waals surface area contributed by atoms with Crippen LogP contribution < -0.4 is 5.32 Å². The molecule has 6 heteroatoms. The molecule has 0 rings (SSSR count). The summed E-state index contributed by atoms with van der Waals surface area (Å²) < 4.78 is 0. The molecule has 0 fully saturated rings. The minimum Gasteiger partial charge on any atom is -0.369 e. The van der Waals surface area contributed by atoms with Gasteiger partial charge in [0.05, 0.1) is 6.34 Å². The van der Waals surface area contributed by atoms with Crippen molar-refractivity contribution in [1.29, 1.82) is 0 Å². The average molecular weight is 212 g/mol. The Morgan fingerprint density at radius 3 is 2.00 bits per heavy atom. The fourth-order valence-corrected chi connectivity index (χ4v) is 0.784. The van der Waals surface area contributed by atoms with Crippen LogP contribution in [0.1, 0.15) is 0 Å². The van der Waals surface area contributed by atoms with Crippen LogP contribution in [0.2, 0.25) is 0 Å². The summed E-state index contributed by atoms with van der Waals surface area (Å²) in [7, 11) is 11.0. The Kier molecular flexibility index (Phi) is 6.08. The van der Waals surface area contributed by atoms with Crippen molar-refractivity contribution in [2.75, 3.05) is 42.3 Å². The van der Waals surface area contributed by atoms with Crippen molar-refractivity contribution < 1.29 is 0 Å². The number of hydrogen-bond donors (Lipinski definition) is 1. The summed E-state index contributed by atoms with van der Waals surface area (Å²) in [6.45, 7) is 0. The maximum Gasteiger partial charge on any atom is 0.225 e. The molecule has 6 nitrogen and oxygen atoms in total. The Labute approximate surface area is 91.4 Å². The third-order valence-electron chi connectivity index (χ3n) is 1.48. The van der Waals surface area contributed by atoms with Gasteiger partial charge in [-0.05, 0) is 0 Å². The van der Waals surface area contributed by atoms with Crippen LogP contribution in [0.4, 0.5) is 0 Å². The molecule has 0 atom stereocenters. The second kappa shape index (κ2) is 6.80. The van der Waals surface area contributed by atoms with Crippen molar-refractivity contribution in [3.8, 4) is 0 Å². The van der Waals surface area contributed by atoms with Crippen molar-refractivity contribution in [1.82, 2.24) is 15.1 Å². The fraction of sp³-hybridized carbons (Fsp3) is 0.667. The van der Waals surface area contributed by atoms with E-state index in [0.29, 0.717) is 11.9 Å². The molecule has 0 saturated heterocycles. The van der Waals surface area contributed by atoms with Crippen LogP contribution in [0.3, 0.4) is 0 Å². The quantitative estimate of drug-likeness (QED) is 0.479. The number of nitrogens with one attached hydrogen (secondary N) is 1. The minimum absolute atomic E-state index is 0.526.